The molecule has 1 aromatic rings. The van der Waals surface area contributed by atoms with E-state index in [4.69, 9.17) is 11.5 Å². The van der Waals surface area contributed by atoms with E-state index in [9.17, 15) is 8.78 Å². The van der Waals surface area contributed by atoms with Crippen molar-refractivity contribution in [2.24, 2.45) is 16.5 Å². The molecule has 1 atom stereocenters. The summed E-state index contributed by atoms with van der Waals surface area (Å²) in [5.41, 5.74) is 11.5. The third-order valence-corrected chi connectivity index (χ3v) is 2.54. The van der Waals surface area contributed by atoms with Gasteiger partial charge in [0, 0.05) is 11.8 Å². The van der Waals surface area contributed by atoms with Crippen LogP contribution in [0, 0.1) is 0 Å². The highest BCUT2D eigenvalue weighted by Crippen LogP contribution is 2.28. The first kappa shape index (κ1) is 12.3. The second kappa shape index (κ2) is 4.61. The number of ether oxygens (including phenoxy) is 1. The molecule has 1 aliphatic heterocycles. The number of halogens is 2. The number of benzene rings is 1. The summed E-state index contributed by atoms with van der Waals surface area (Å²) in [6, 6.07) is 5.87. The molecule has 18 heavy (non-hydrogen) atoms. The van der Waals surface area contributed by atoms with Crippen LogP contribution >= 0.6 is 0 Å². The number of hydrogen-bond donors (Lipinski definition) is 3. The quantitative estimate of drug-likeness (QED) is 0.745. The number of alkyl halides is 2. The standard InChI is InChI=1S/C11H12F2N4O/c12-10(13)18-8-3-1-7(2-4-8)11(15)9(14)5-16-6-17-11/h1-6,10H,14-15H2,(H,16,17). The van der Waals surface area contributed by atoms with E-state index in [-0.39, 0.29) is 5.75 Å². The van der Waals surface area contributed by atoms with Gasteiger partial charge in [-0.2, -0.15) is 8.78 Å². The van der Waals surface area contributed by atoms with Gasteiger partial charge in [-0.1, -0.05) is 12.1 Å². The molecule has 1 unspecified atom stereocenters. The predicted octanol–water partition coefficient (Wildman–Crippen LogP) is 0.831. The van der Waals surface area contributed by atoms with Crippen molar-refractivity contribution in [3.8, 4) is 5.75 Å². The van der Waals surface area contributed by atoms with Crippen LogP contribution in [0.25, 0.3) is 0 Å². The molecule has 1 aliphatic rings. The first-order valence-corrected chi connectivity index (χ1v) is 5.12. The van der Waals surface area contributed by atoms with Gasteiger partial charge in [0.05, 0.1) is 12.0 Å². The summed E-state index contributed by atoms with van der Waals surface area (Å²) in [4.78, 5) is 4.06. The lowest BCUT2D eigenvalue weighted by molar-refractivity contribution is -0.0498. The lowest BCUT2D eigenvalue weighted by Gasteiger charge is -2.28. The lowest BCUT2D eigenvalue weighted by Crippen LogP contribution is -2.43. The maximum atomic E-state index is 12.0. The van der Waals surface area contributed by atoms with Crippen LogP contribution in [0.5, 0.6) is 5.75 Å². The number of aliphatic imine (C=N–C) groups is 1. The van der Waals surface area contributed by atoms with E-state index < -0.39 is 12.3 Å². The first-order valence-electron chi connectivity index (χ1n) is 5.12. The SMILES string of the molecule is NC1=CNC=NC1(N)c1ccc(OC(F)F)cc1. The van der Waals surface area contributed by atoms with Gasteiger partial charge in [0.1, 0.15) is 5.75 Å². The summed E-state index contributed by atoms with van der Waals surface area (Å²) in [5.74, 6) is 0.0535. The highest BCUT2D eigenvalue weighted by atomic mass is 19.3. The number of rotatable bonds is 3. The fourth-order valence-corrected chi connectivity index (χ4v) is 1.58. The Morgan fingerprint density at radius 2 is 1.94 bits per heavy atom. The van der Waals surface area contributed by atoms with Crippen molar-refractivity contribution in [3.63, 3.8) is 0 Å². The summed E-state index contributed by atoms with van der Waals surface area (Å²) in [7, 11) is 0. The maximum Gasteiger partial charge on any atom is 0.387 e. The fraction of sp³-hybridized carbons (Fsp3) is 0.182. The van der Waals surface area contributed by atoms with E-state index in [0.29, 0.717) is 11.3 Å². The zero-order valence-corrected chi connectivity index (χ0v) is 9.31. The van der Waals surface area contributed by atoms with E-state index in [1.165, 1.54) is 24.7 Å². The predicted molar refractivity (Wildman–Crippen MR) is 62.8 cm³/mol. The maximum absolute atomic E-state index is 12.0. The van der Waals surface area contributed by atoms with Gasteiger partial charge >= 0.3 is 6.61 Å². The molecule has 5 nitrogen and oxygen atoms in total. The van der Waals surface area contributed by atoms with Crippen molar-refractivity contribution in [3.05, 3.63) is 41.7 Å². The lowest BCUT2D eigenvalue weighted by atomic mass is 9.97. The molecule has 1 heterocycles. The zero-order chi connectivity index (χ0) is 13.2. The molecule has 0 saturated carbocycles. The molecular weight excluding hydrogens is 242 g/mol. The smallest absolute Gasteiger partial charge is 0.387 e. The Balaban J connectivity index is 2.26. The molecule has 0 spiro atoms. The summed E-state index contributed by atoms with van der Waals surface area (Å²) in [6.07, 6.45) is 2.94. The van der Waals surface area contributed by atoms with Crippen LogP contribution in [0.1, 0.15) is 5.56 Å². The van der Waals surface area contributed by atoms with Gasteiger partial charge in [0.2, 0.25) is 0 Å². The summed E-state index contributed by atoms with van der Waals surface area (Å²) >= 11 is 0. The molecule has 0 saturated heterocycles. The van der Waals surface area contributed by atoms with E-state index in [1.54, 1.807) is 12.1 Å². The largest absolute Gasteiger partial charge is 0.435 e. The molecule has 0 radical (unpaired) electrons. The van der Waals surface area contributed by atoms with Gasteiger partial charge in [-0.15, -0.1) is 0 Å². The molecular formula is C11H12F2N4O. The molecule has 0 aromatic heterocycles. The number of nitrogens with one attached hydrogen (secondary N) is 1. The molecule has 0 bridgehead atoms. The van der Waals surface area contributed by atoms with Crippen LogP contribution < -0.4 is 21.5 Å². The second-order valence-electron chi connectivity index (χ2n) is 3.69. The molecule has 2 rings (SSSR count). The molecule has 5 N–H and O–H groups in total. The van der Waals surface area contributed by atoms with Crippen LogP contribution in [-0.4, -0.2) is 13.0 Å². The summed E-state index contributed by atoms with van der Waals surface area (Å²) < 4.78 is 28.3. The Labute approximate surface area is 102 Å². The summed E-state index contributed by atoms with van der Waals surface area (Å²) in [6.45, 7) is -2.86. The molecule has 96 valence electrons. The highest BCUT2D eigenvalue weighted by Gasteiger charge is 2.30. The van der Waals surface area contributed by atoms with Crippen LogP contribution in [-0.2, 0) is 5.66 Å². The van der Waals surface area contributed by atoms with Crippen LogP contribution in [0.15, 0.2) is 41.2 Å². The van der Waals surface area contributed by atoms with Crippen molar-refractivity contribution >= 4 is 6.34 Å². The average Bonchev–Trinajstić information content (AvgIpc) is 2.33. The van der Waals surface area contributed by atoms with Crippen LogP contribution in [0.4, 0.5) is 8.78 Å². The van der Waals surface area contributed by atoms with Gasteiger partial charge in [0.25, 0.3) is 0 Å². The Kier molecular flexibility index (Phi) is 3.15. The molecule has 7 heteroatoms. The Bertz CT molecular complexity index is 486. The average molecular weight is 254 g/mol. The van der Waals surface area contributed by atoms with Crippen molar-refractivity contribution in [2.75, 3.05) is 0 Å². The Hall–Kier alpha value is -2.15. The molecule has 0 amide bonds. The topological polar surface area (TPSA) is 85.7 Å². The number of nitrogens with zero attached hydrogens (tertiary/aromatic N) is 1. The minimum Gasteiger partial charge on any atom is -0.435 e. The van der Waals surface area contributed by atoms with Gasteiger partial charge < -0.3 is 15.8 Å². The van der Waals surface area contributed by atoms with E-state index in [1.807, 2.05) is 0 Å². The Morgan fingerprint density at radius 3 is 2.50 bits per heavy atom. The molecule has 1 aromatic carbocycles. The van der Waals surface area contributed by atoms with Gasteiger partial charge in [0.15, 0.2) is 5.66 Å². The molecule has 0 aliphatic carbocycles. The second-order valence-corrected chi connectivity index (χ2v) is 3.69. The highest BCUT2D eigenvalue weighted by molar-refractivity contribution is 5.61. The van der Waals surface area contributed by atoms with Crippen molar-refractivity contribution in [1.29, 1.82) is 0 Å². The minimum absolute atomic E-state index is 0.0535. The van der Waals surface area contributed by atoms with E-state index in [0.717, 1.165) is 0 Å². The van der Waals surface area contributed by atoms with Crippen LogP contribution in [0.3, 0.4) is 0 Å². The van der Waals surface area contributed by atoms with Crippen molar-refractivity contribution < 1.29 is 13.5 Å². The zero-order valence-electron chi connectivity index (χ0n) is 9.31. The molecule has 0 fully saturated rings. The number of hydrogen-bond acceptors (Lipinski definition) is 5. The van der Waals surface area contributed by atoms with E-state index in [2.05, 4.69) is 15.0 Å². The first-order chi connectivity index (χ1) is 8.52. The van der Waals surface area contributed by atoms with Crippen molar-refractivity contribution in [1.82, 2.24) is 5.32 Å². The fourth-order valence-electron chi connectivity index (χ4n) is 1.58. The minimum atomic E-state index is -2.86. The number of nitrogens with two attached hydrogens (primary N) is 2. The van der Waals surface area contributed by atoms with E-state index >= 15 is 0 Å². The van der Waals surface area contributed by atoms with Gasteiger partial charge in [-0.25, -0.2) is 4.99 Å². The third kappa shape index (κ3) is 2.25. The van der Waals surface area contributed by atoms with Crippen molar-refractivity contribution in [2.45, 2.75) is 12.3 Å². The third-order valence-electron chi connectivity index (χ3n) is 2.54. The van der Waals surface area contributed by atoms with Crippen LogP contribution in [0.2, 0.25) is 0 Å². The summed E-state index contributed by atoms with van der Waals surface area (Å²) in [5, 5.41) is 2.71. The Morgan fingerprint density at radius 1 is 1.28 bits per heavy atom. The van der Waals surface area contributed by atoms with Gasteiger partial charge in [-0.3, -0.25) is 5.73 Å². The van der Waals surface area contributed by atoms with Gasteiger partial charge in [-0.05, 0) is 12.1 Å². The monoisotopic (exact) mass is 254 g/mol. The normalized spacial score (nSPS) is 22.6.